The van der Waals surface area contributed by atoms with Crippen LogP contribution < -0.4 is 5.32 Å². The fourth-order valence-corrected chi connectivity index (χ4v) is 4.17. The number of amides is 1. The number of nitrogens with one attached hydrogen (secondary N) is 1. The predicted molar refractivity (Wildman–Crippen MR) is 96.4 cm³/mol. The first-order valence-corrected chi connectivity index (χ1v) is 11.1. The van der Waals surface area contributed by atoms with Crippen LogP contribution in [0.5, 0.6) is 0 Å². The molecule has 2 saturated heterocycles. The lowest BCUT2D eigenvalue weighted by molar-refractivity contribution is -0.121. The fraction of sp³-hybridized carbons (Fsp3) is 0.812. The second-order valence-electron chi connectivity index (χ2n) is 6.96. The van der Waals surface area contributed by atoms with Gasteiger partial charge in [0.2, 0.25) is 21.8 Å². The number of rotatable bonds is 7. The lowest BCUT2D eigenvalue weighted by Crippen LogP contribution is -2.38. The second kappa shape index (κ2) is 9.09. The number of carbonyl (C=O) groups excluding carboxylic acids is 1. The van der Waals surface area contributed by atoms with E-state index in [0.29, 0.717) is 50.6 Å². The molecule has 0 radical (unpaired) electrons. The Morgan fingerprint density at radius 1 is 1.22 bits per heavy atom. The van der Waals surface area contributed by atoms with Crippen molar-refractivity contribution >= 4 is 15.9 Å². The van der Waals surface area contributed by atoms with E-state index in [4.69, 9.17) is 9.26 Å². The van der Waals surface area contributed by atoms with Gasteiger partial charge in [0.25, 0.3) is 0 Å². The largest absolute Gasteiger partial charge is 0.379 e. The third kappa shape index (κ3) is 5.96. The molecule has 2 aliphatic rings. The Morgan fingerprint density at radius 3 is 2.59 bits per heavy atom. The monoisotopic (exact) mass is 401 g/mol. The maximum Gasteiger partial charge on any atom is 0.246 e. The van der Waals surface area contributed by atoms with E-state index >= 15 is 0 Å². The SMILES string of the molecule is CS(=O)(=O)N1CCC(c2noc(CNC(=O)CCN3CCOCC3)n2)CC1. The van der Waals surface area contributed by atoms with Gasteiger partial charge in [0, 0.05) is 45.1 Å². The standard InChI is InChI=1S/C16H27N5O5S/c1-27(23,24)21-6-2-13(3-7-21)16-18-15(26-19-16)12-17-14(22)4-5-20-8-10-25-11-9-20/h13H,2-12H2,1H3,(H,17,22). The minimum atomic E-state index is -3.15. The Morgan fingerprint density at radius 2 is 1.93 bits per heavy atom. The van der Waals surface area contributed by atoms with Crippen molar-refractivity contribution in [2.24, 2.45) is 0 Å². The lowest BCUT2D eigenvalue weighted by atomic mass is 9.98. The van der Waals surface area contributed by atoms with Crippen LogP contribution in [0.15, 0.2) is 4.52 Å². The smallest absolute Gasteiger partial charge is 0.246 e. The van der Waals surface area contributed by atoms with E-state index in [1.54, 1.807) is 0 Å². The maximum atomic E-state index is 12.0. The van der Waals surface area contributed by atoms with Crippen molar-refractivity contribution in [3.63, 3.8) is 0 Å². The molecule has 10 nitrogen and oxygen atoms in total. The lowest BCUT2D eigenvalue weighted by Gasteiger charge is -2.28. The van der Waals surface area contributed by atoms with Gasteiger partial charge in [0.15, 0.2) is 5.82 Å². The zero-order chi connectivity index (χ0) is 19.3. The molecule has 0 spiro atoms. The first kappa shape index (κ1) is 20.2. The molecule has 27 heavy (non-hydrogen) atoms. The Bertz CT molecular complexity index is 723. The summed E-state index contributed by atoms with van der Waals surface area (Å²) in [6.45, 7) is 5.00. The van der Waals surface area contributed by atoms with Gasteiger partial charge in [0.1, 0.15) is 0 Å². The van der Waals surface area contributed by atoms with Gasteiger partial charge in [0.05, 0.1) is 26.0 Å². The highest BCUT2D eigenvalue weighted by Gasteiger charge is 2.28. The minimum Gasteiger partial charge on any atom is -0.379 e. The highest BCUT2D eigenvalue weighted by atomic mass is 32.2. The van der Waals surface area contributed by atoms with Gasteiger partial charge in [-0.3, -0.25) is 9.69 Å². The minimum absolute atomic E-state index is 0.0531. The molecule has 1 amide bonds. The van der Waals surface area contributed by atoms with Gasteiger partial charge in [-0.25, -0.2) is 12.7 Å². The Hall–Kier alpha value is -1.56. The Kier molecular flexibility index (Phi) is 6.79. The summed E-state index contributed by atoms with van der Waals surface area (Å²) in [4.78, 5) is 18.5. The summed E-state index contributed by atoms with van der Waals surface area (Å²) < 4.78 is 35.1. The molecule has 0 aromatic carbocycles. The van der Waals surface area contributed by atoms with E-state index in [0.717, 1.165) is 26.3 Å². The van der Waals surface area contributed by atoms with Crippen LogP contribution in [0, 0.1) is 0 Å². The molecule has 0 atom stereocenters. The number of nitrogens with zero attached hydrogens (tertiary/aromatic N) is 4. The number of hydrogen-bond donors (Lipinski definition) is 1. The van der Waals surface area contributed by atoms with E-state index in [9.17, 15) is 13.2 Å². The van der Waals surface area contributed by atoms with Crippen LogP contribution in [-0.4, -0.2) is 85.9 Å². The predicted octanol–water partition coefficient (Wildman–Crippen LogP) is -0.453. The van der Waals surface area contributed by atoms with E-state index in [-0.39, 0.29) is 18.4 Å². The van der Waals surface area contributed by atoms with Crippen molar-refractivity contribution in [3.05, 3.63) is 11.7 Å². The van der Waals surface area contributed by atoms with Gasteiger partial charge in [-0.15, -0.1) is 0 Å². The average Bonchev–Trinajstić information content (AvgIpc) is 3.14. The molecule has 0 saturated carbocycles. The Balaban J connectivity index is 1.40. The summed E-state index contributed by atoms with van der Waals surface area (Å²) in [6, 6.07) is 0. The molecule has 1 N–H and O–H groups in total. The third-order valence-electron chi connectivity index (χ3n) is 4.97. The van der Waals surface area contributed by atoms with Crippen LogP contribution in [0.1, 0.15) is 36.9 Å². The number of hydrogen-bond acceptors (Lipinski definition) is 8. The van der Waals surface area contributed by atoms with Crippen LogP contribution in [0.25, 0.3) is 0 Å². The van der Waals surface area contributed by atoms with Crippen molar-refractivity contribution < 1.29 is 22.5 Å². The van der Waals surface area contributed by atoms with Crippen LogP contribution in [-0.2, 0) is 26.1 Å². The molecule has 11 heteroatoms. The number of carbonyl (C=O) groups is 1. The van der Waals surface area contributed by atoms with Crippen molar-refractivity contribution in [2.75, 3.05) is 52.2 Å². The molecular formula is C16H27N5O5S. The zero-order valence-corrected chi connectivity index (χ0v) is 16.4. The average molecular weight is 401 g/mol. The van der Waals surface area contributed by atoms with Gasteiger partial charge in [-0.2, -0.15) is 4.98 Å². The molecule has 3 rings (SSSR count). The molecule has 1 aromatic heterocycles. The van der Waals surface area contributed by atoms with Gasteiger partial charge in [-0.1, -0.05) is 5.16 Å². The third-order valence-corrected chi connectivity index (χ3v) is 6.27. The van der Waals surface area contributed by atoms with Crippen molar-refractivity contribution in [1.82, 2.24) is 24.7 Å². The molecule has 1 aromatic rings. The summed E-state index contributed by atoms with van der Waals surface area (Å²) in [6.07, 6.45) is 2.97. The first-order chi connectivity index (χ1) is 12.9. The number of morpholine rings is 1. The first-order valence-electron chi connectivity index (χ1n) is 9.26. The molecule has 2 aliphatic heterocycles. The highest BCUT2D eigenvalue weighted by molar-refractivity contribution is 7.88. The summed E-state index contributed by atoms with van der Waals surface area (Å²) in [5, 5.41) is 6.80. The van der Waals surface area contributed by atoms with Crippen LogP contribution in [0.4, 0.5) is 0 Å². The summed E-state index contributed by atoms with van der Waals surface area (Å²) in [7, 11) is -3.15. The molecule has 0 bridgehead atoms. The molecular weight excluding hydrogens is 374 g/mol. The number of sulfonamides is 1. The molecule has 0 unspecified atom stereocenters. The van der Waals surface area contributed by atoms with E-state index < -0.39 is 10.0 Å². The number of aromatic nitrogens is 2. The van der Waals surface area contributed by atoms with Crippen molar-refractivity contribution in [2.45, 2.75) is 31.7 Å². The summed E-state index contributed by atoms with van der Waals surface area (Å²) in [5.41, 5.74) is 0. The Labute approximate surface area is 159 Å². The fourth-order valence-electron chi connectivity index (χ4n) is 3.30. The van der Waals surface area contributed by atoms with Crippen LogP contribution in [0.2, 0.25) is 0 Å². The summed E-state index contributed by atoms with van der Waals surface area (Å²) in [5.74, 6) is 0.983. The zero-order valence-electron chi connectivity index (χ0n) is 15.6. The van der Waals surface area contributed by atoms with Crippen LogP contribution in [0.3, 0.4) is 0 Å². The molecule has 0 aliphatic carbocycles. The van der Waals surface area contributed by atoms with Gasteiger partial charge >= 0.3 is 0 Å². The van der Waals surface area contributed by atoms with Crippen molar-refractivity contribution in [1.29, 1.82) is 0 Å². The van der Waals surface area contributed by atoms with E-state index in [1.807, 2.05) is 0 Å². The number of piperidine rings is 1. The maximum absolute atomic E-state index is 12.0. The number of ether oxygens (including phenoxy) is 1. The second-order valence-corrected chi connectivity index (χ2v) is 8.95. The molecule has 2 fully saturated rings. The van der Waals surface area contributed by atoms with Crippen LogP contribution >= 0.6 is 0 Å². The van der Waals surface area contributed by atoms with Gasteiger partial charge < -0.3 is 14.6 Å². The normalized spacial score (nSPS) is 20.6. The van der Waals surface area contributed by atoms with Gasteiger partial charge in [-0.05, 0) is 12.8 Å². The quantitative estimate of drug-likeness (QED) is 0.653. The molecule has 3 heterocycles. The topological polar surface area (TPSA) is 118 Å². The van der Waals surface area contributed by atoms with E-state index in [1.165, 1.54) is 10.6 Å². The molecule has 152 valence electrons. The summed E-state index contributed by atoms with van der Waals surface area (Å²) >= 11 is 0. The van der Waals surface area contributed by atoms with Crippen molar-refractivity contribution in [3.8, 4) is 0 Å². The highest BCUT2D eigenvalue weighted by Crippen LogP contribution is 2.26. The van der Waals surface area contributed by atoms with E-state index in [2.05, 4.69) is 20.4 Å².